The number of benzene rings is 3. The number of hydrogen-bond acceptors (Lipinski definition) is 6. The van der Waals surface area contributed by atoms with Gasteiger partial charge in [0.1, 0.15) is 17.2 Å². The number of nitrogen functional groups attached to an aromatic ring is 2. The van der Waals surface area contributed by atoms with Crippen LogP contribution in [-0.4, -0.2) is 25.4 Å². The number of carbonyl (C=O) groups is 1. The second kappa shape index (κ2) is 10.3. The molecule has 1 amide bonds. The summed E-state index contributed by atoms with van der Waals surface area (Å²) in [6.07, 6.45) is 1.63. The van der Waals surface area contributed by atoms with E-state index in [0.29, 0.717) is 39.8 Å². The number of imidazole rings is 1. The fourth-order valence-corrected chi connectivity index (χ4v) is 4.55. The summed E-state index contributed by atoms with van der Waals surface area (Å²) in [6, 6.07) is 28.3. The van der Waals surface area contributed by atoms with Gasteiger partial charge in [-0.2, -0.15) is 0 Å². The zero-order valence-corrected chi connectivity index (χ0v) is 21.3. The first-order valence-electron chi connectivity index (χ1n) is 12.6. The van der Waals surface area contributed by atoms with E-state index in [1.54, 1.807) is 12.3 Å². The first-order chi connectivity index (χ1) is 19.5. The number of halogens is 1. The summed E-state index contributed by atoms with van der Waals surface area (Å²) in [5.74, 6) is 0.137. The van der Waals surface area contributed by atoms with Crippen LogP contribution >= 0.6 is 0 Å². The number of nitrogens with zero attached hydrogens (tertiary/aromatic N) is 4. The van der Waals surface area contributed by atoms with Gasteiger partial charge in [0.05, 0.1) is 11.3 Å². The lowest BCUT2D eigenvalue weighted by Crippen LogP contribution is -2.22. The lowest BCUT2D eigenvalue weighted by atomic mass is 10.1. The molecule has 0 saturated carbocycles. The normalized spacial score (nSPS) is 11.0. The first kappa shape index (κ1) is 24.7. The Hall–Kier alpha value is -5.57. The minimum absolute atomic E-state index is 0.265. The Kier molecular flexibility index (Phi) is 6.37. The van der Waals surface area contributed by atoms with Crippen molar-refractivity contribution >= 4 is 28.6 Å². The van der Waals surface area contributed by atoms with Gasteiger partial charge in [-0.05, 0) is 66.2 Å². The smallest absolute Gasteiger partial charge is 0.251 e. The quantitative estimate of drug-likeness (QED) is 0.249. The summed E-state index contributed by atoms with van der Waals surface area (Å²) < 4.78 is 15.4. The van der Waals surface area contributed by atoms with Crippen LogP contribution in [0.5, 0.6) is 0 Å². The molecule has 5 N–H and O–H groups in total. The second-order valence-electron chi connectivity index (χ2n) is 9.19. The molecule has 8 nitrogen and oxygen atoms in total. The predicted molar refractivity (Wildman–Crippen MR) is 154 cm³/mol. The molecule has 6 rings (SSSR count). The van der Waals surface area contributed by atoms with Crippen LogP contribution in [0.25, 0.3) is 39.5 Å². The first-order valence-corrected chi connectivity index (χ1v) is 12.6. The second-order valence-corrected chi connectivity index (χ2v) is 9.19. The van der Waals surface area contributed by atoms with E-state index in [-0.39, 0.29) is 18.0 Å². The van der Waals surface area contributed by atoms with Crippen LogP contribution in [-0.2, 0) is 6.54 Å². The topological polar surface area (TPSA) is 125 Å². The van der Waals surface area contributed by atoms with Crippen molar-refractivity contribution in [1.29, 1.82) is 0 Å². The number of aromatic nitrogens is 4. The number of anilines is 2. The minimum Gasteiger partial charge on any atom is -0.398 e. The number of nitrogens with one attached hydrogen (secondary N) is 1. The van der Waals surface area contributed by atoms with Crippen molar-refractivity contribution in [2.75, 3.05) is 11.5 Å². The number of nitrogens with two attached hydrogens (primary N) is 2. The maximum atomic E-state index is 13.5. The number of pyridine rings is 2. The van der Waals surface area contributed by atoms with Gasteiger partial charge < -0.3 is 16.8 Å². The average molecular weight is 530 g/mol. The standard InChI is InChI=1S/C31H24FN7O/c32-21-6-3-5-20(17-21)31(40)36-18-19-10-12-22(13-11-19)39-29(24-8-4-16-35-28(24)34)38-27-15-14-26(37-30(27)39)23-7-1-2-9-25(23)33/h1-17H,18,33H2,(H2,34,35)(H,36,40). The molecule has 0 radical (unpaired) electrons. The van der Waals surface area contributed by atoms with Gasteiger partial charge in [0.25, 0.3) is 5.91 Å². The van der Waals surface area contributed by atoms with Crippen molar-refractivity contribution < 1.29 is 9.18 Å². The molecule has 40 heavy (non-hydrogen) atoms. The Morgan fingerprint density at radius 1 is 0.850 bits per heavy atom. The molecule has 0 fully saturated rings. The highest BCUT2D eigenvalue weighted by molar-refractivity contribution is 5.94. The summed E-state index contributed by atoms with van der Waals surface area (Å²) in [5.41, 5.74) is 18.6. The zero-order valence-electron chi connectivity index (χ0n) is 21.3. The number of carbonyl (C=O) groups excluding carboxylic acids is 1. The summed E-state index contributed by atoms with van der Waals surface area (Å²) in [6.45, 7) is 0.276. The fourth-order valence-electron chi connectivity index (χ4n) is 4.55. The third-order valence-electron chi connectivity index (χ3n) is 6.56. The Labute approximate surface area is 229 Å². The van der Waals surface area contributed by atoms with Crippen molar-refractivity contribution in [2.24, 2.45) is 0 Å². The molecule has 0 atom stereocenters. The maximum Gasteiger partial charge on any atom is 0.251 e. The van der Waals surface area contributed by atoms with Crippen LogP contribution in [0.3, 0.4) is 0 Å². The predicted octanol–water partition coefficient (Wildman–Crippen LogP) is 5.38. The van der Waals surface area contributed by atoms with E-state index in [4.69, 9.17) is 21.4 Å². The average Bonchev–Trinajstić information content (AvgIpc) is 3.35. The van der Waals surface area contributed by atoms with Gasteiger partial charge in [-0.1, -0.05) is 36.4 Å². The van der Waals surface area contributed by atoms with Crippen LogP contribution in [0, 0.1) is 5.82 Å². The zero-order chi connectivity index (χ0) is 27.6. The highest BCUT2D eigenvalue weighted by Crippen LogP contribution is 2.32. The van der Waals surface area contributed by atoms with Gasteiger partial charge in [-0.3, -0.25) is 9.36 Å². The largest absolute Gasteiger partial charge is 0.398 e. The van der Waals surface area contributed by atoms with Gasteiger partial charge in [-0.15, -0.1) is 0 Å². The molecule has 0 aliphatic carbocycles. The van der Waals surface area contributed by atoms with Gasteiger partial charge in [-0.25, -0.2) is 19.3 Å². The number of fused-ring (bicyclic) bond motifs is 1. The fraction of sp³-hybridized carbons (Fsp3) is 0.0323. The van der Waals surface area contributed by atoms with E-state index in [1.807, 2.05) is 77.4 Å². The molecule has 0 aliphatic heterocycles. The lowest BCUT2D eigenvalue weighted by Gasteiger charge is -2.12. The van der Waals surface area contributed by atoms with E-state index >= 15 is 0 Å². The molecule has 3 heterocycles. The Bertz CT molecular complexity index is 1860. The molecule has 0 saturated heterocycles. The molecular weight excluding hydrogens is 505 g/mol. The molecule has 0 aliphatic rings. The summed E-state index contributed by atoms with van der Waals surface area (Å²) in [7, 11) is 0. The van der Waals surface area contributed by atoms with E-state index < -0.39 is 5.82 Å². The van der Waals surface area contributed by atoms with Crippen LogP contribution in [0.15, 0.2) is 103 Å². The number of rotatable bonds is 6. The van der Waals surface area contributed by atoms with Crippen LogP contribution < -0.4 is 16.8 Å². The van der Waals surface area contributed by atoms with Crippen molar-refractivity contribution in [3.05, 3.63) is 120 Å². The van der Waals surface area contributed by atoms with Crippen molar-refractivity contribution in [3.63, 3.8) is 0 Å². The highest BCUT2D eigenvalue weighted by atomic mass is 19.1. The third kappa shape index (κ3) is 4.71. The number of para-hydroxylation sites is 1. The minimum atomic E-state index is -0.457. The Morgan fingerprint density at radius 3 is 2.42 bits per heavy atom. The van der Waals surface area contributed by atoms with Crippen LogP contribution in [0.1, 0.15) is 15.9 Å². The Balaban J connectivity index is 1.39. The molecular formula is C31H24FN7O. The molecule has 3 aromatic carbocycles. The van der Waals surface area contributed by atoms with Gasteiger partial charge in [0.15, 0.2) is 11.5 Å². The van der Waals surface area contributed by atoms with E-state index in [0.717, 1.165) is 16.8 Å². The van der Waals surface area contributed by atoms with E-state index in [2.05, 4.69) is 10.3 Å². The third-order valence-corrected chi connectivity index (χ3v) is 6.56. The maximum absolute atomic E-state index is 13.5. The van der Waals surface area contributed by atoms with Crippen molar-refractivity contribution in [3.8, 4) is 28.3 Å². The summed E-state index contributed by atoms with van der Waals surface area (Å²) in [4.78, 5) is 26.5. The van der Waals surface area contributed by atoms with Gasteiger partial charge in [0, 0.05) is 35.2 Å². The van der Waals surface area contributed by atoms with Crippen molar-refractivity contribution in [2.45, 2.75) is 6.54 Å². The Morgan fingerprint density at radius 2 is 1.65 bits per heavy atom. The summed E-state index contributed by atoms with van der Waals surface area (Å²) >= 11 is 0. The van der Waals surface area contributed by atoms with Crippen LogP contribution in [0.2, 0.25) is 0 Å². The summed E-state index contributed by atoms with van der Waals surface area (Å²) in [5, 5.41) is 2.83. The van der Waals surface area contributed by atoms with E-state index in [1.165, 1.54) is 18.2 Å². The molecule has 9 heteroatoms. The molecule has 6 aromatic rings. The molecule has 196 valence electrons. The molecule has 3 aromatic heterocycles. The van der Waals surface area contributed by atoms with E-state index in [9.17, 15) is 9.18 Å². The highest BCUT2D eigenvalue weighted by Gasteiger charge is 2.19. The monoisotopic (exact) mass is 529 g/mol. The SMILES string of the molecule is Nc1ccccc1-c1ccc2nc(-c3cccnc3N)n(-c3ccc(CNC(=O)c4cccc(F)c4)cc3)c2n1. The van der Waals surface area contributed by atoms with Gasteiger partial charge >= 0.3 is 0 Å². The van der Waals surface area contributed by atoms with Crippen LogP contribution in [0.4, 0.5) is 15.9 Å². The molecule has 0 spiro atoms. The van der Waals surface area contributed by atoms with Gasteiger partial charge in [0.2, 0.25) is 0 Å². The number of amides is 1. The number of hydrogen-bond donors (Lipinski definition) is 3. The molecule has 0 unspecified atom stereocenters. The van der Waals surface area contributed by atoms with Crippen molar-refractivity contribution in [1.82, 2.24) is 24.8 Å². The lowest BCUT2D eigenvalue weighted by molar-refractivity contribution is 0.0950. The molecule has 0 bridgehead atoms.